The van der Waals surface area contributed by atoms with E-state index in [-0.39, 0.29) is 0 Å². The van der Waals surface area contributed by atoms with Gasteiger partial charge in [-0.05, 0) is 75.9 Å². The van der Waals surface area contributed by atoms with Crippen LogP contribution in [0.5, 0.6) is 0 Å². The first kappa shape index (κ1) is 26.9. The lowest BCUT2D eigenvalue weighted by molar-refractivity contribution is 0.237. The Kier molecular flexibility index (Phi) is 6.26. The summed E-state index contributed by atoms with van der Waals surface area (Å²) in [5.74, 6) is 1.36. The molecule has 216 valence electrons. The van der Waals surface area contributed by atoms with Crippen molar-refractivity contribution in [1.29, 1.82) is 0 Å². The third-order valence-electron chi connectivity index (χ3n) is 9.66. The van der Waals surface area contributed by atoms with Gasteiger partial charge in [0.25, 0.3) is 0 Å². The van der Waals surface area contributed by atoms with E-state index in [1.807, 2.05) is 38.4 Å². The quantitative estimate of drug-likeness (QED) is 0.210. The molecule has 3 heterocycles. The van der Waals surface area contributed by atoms with Crippen molar-refractivity contribution in [1.82, 2.24) is 24.3 Å². The van der Waals surface area contributed by atoms with Crippen molar-refractivity contribution >= 4 is 32.9 Å². The van der Waals surface area contributed by atoms with Crippen molar-refractivity contribution < 1.29 is 8.81 Å². The number of aromatic nitrogens is 5. The summed E-state index contributed by atoms with van der Waals surface area (Å²) in [4.78, 5) is 9.38. The molecule has 0 unspecified atom stereocenters. The molecular weight excluding hydrogens is 525 g/mol. The van der Waals surface area contributed by atoms with Crippen LogP contribution >= 0.6 is 0 Å². The van der Waals surface area contributed by atoms with Gasteiger partial charge in [0.15, 0.2) is 17.8 Å². The van der Waals surface area contributed by atoms with Crippen molar-refractivity contribution in [3.05, 3.63) is 71.4 Å². The van der Waals surface area contributed by atoms with Gasteiger partial charge in [-0.3, -0.25) is 0 Å². The van der Waals surface area contributed by atoms with E-state index in [4.69, 9.17) is 14.5 Å². The zero-order chi connectivity index (χ0) is 29.3. The molecule has 1 saturated carbocycles. The predicted octanol–water partition coefficient (Wildman–Crippen LogP) is 9.25. The van der Waals surface area contributed by atoms with Gasteiger partial charge < -0.3 is 8.98 Å². The molecule has 0 radical (unpaired) electrons. The molecule has 42 heavy (non-hydrogen) atoms. The van der Waals surface area contributed by atoms with E-state index in [9.17, 15) is 0 Å². The van der Waals surface area contributed by atoms with Crippen LogP contribution in [0.2, 0.25) is 0 Å². The van der Waals surface area contributed by atoms with Gasteiger partial charge in [-0.25, -0.2) is 19.0 Å². The second-order valence-electron chi connectivity index (χ2n) is 12.7. The first-order chi connectivity index (χ1) is 20.2. The number of benzene rings is 3. The minimum absolute atomic E-state index is 0.440. The molecule has 3 aromatic heterocycles. The molecule has 1 aliphatic rings. The van der Waals surface area contributed by atoms with Gasteiger partial charge in [0.05, 0.1) is 5.69 Å². The first-order valence-corrected chi connectivity index (χ1v) is 15.2. The van der Waals surface area contributed by atoms with Gasteiger partial charge >= 0.3 is 0 Å². The normalized spacial score (nSPS) is 15.8. The molecule has 7 rings (SSSR count). The van der Waals surface area contributed by atoms with Gasteiger partial charge in [-0.15, -0.1) is 0 Å². The van der Waals surface area contributed by atoms with Crippen LogP contribution in [0, 0.1) is 20.8 Å². The maximum Gasteiger partial charge on any atom is 0.181 e. The molecule has 1 fully saturated rings. The maximum atomic E-state index is 15.5. The van der Waals surface area contributed by atoms with E-state index in [1.54, 1.807) is 6.92 Å². The maximum absolute atomic E-state index is 15.5. The summed E-state index contributed by atoms with van der Waals surface area (Å²) in [5.41, 5.74) is 7.93. The zero-order valence-electron chi connectivity index (χ0n) is 25.3. The highest BCUT2D eigenvalue weighted by atomic mass is 19.1. The lowest BCUT2D eigenvalue weighted by Crippen LogP contribution is -2.29. The SMILES string of the molecule is Cc1nc(-c2cc3c4ccccc4n(C4CCCCC4)c3cc2C(C)(C)[C@@H](C)F)n(-c2c(C)cc3ncoc3c2C)n1. The number of hydrogen-bond acceptors (Lipinski definition) is 4. The fourth-order valence-electron chi connectivity index (χ4n) is 7.10. The second kappa shape index (κ2) is 9.79. The highest BCUT2D eigenvalue weighted by molar-refractivity contribution is 6.10. The largest absolute Gasteiger partial charge is 0.443 e. The summed E-state index contributed by atoms with van der Waals surface area (Å²) < 4.78 is 25.8. The Labute approximate surface area is 245 Å². The highest BCUT2D eigenvalue weighted by Crippen LogP contribution is 2.44. The summed E-state index contributed by atoms with van der Waals surface area (Å²) in [6.45, 7) is 11.7. The van der Waals surface area contributed by atoms with E-state index < -0.39 is 11.6 Å². The fourth-order valence-corrected chi connectivity index (χ4v) is 7.10. The van der Waals surface area contributed by atoms with Crippen LogP contribution in [0.25, 0.3) is 50.0 Å². The smallest absolute Gasteiger partial charge is 0.181 e. The Morgan fingerprint density at radius 3 is 2.50 bits per heavy atom. The van der Waals surface area contributed by atoms with Crippen LogP contribution in [0.15, 0.2) is 53.3 Å². The Bertz CT molecular complexity index is 1970. The van der Waals surface area contributed by atoms with Crippen molar-refractivity contribution in [2.75, 3.05) is 0 Å². The summed E-state index contributed by atoms with van der Waals surface area (Å²) in [6.07, 6.45) is 6.53. The van der Waals surface area contributed by atoms with Crippen LogP contribution < -0.4 is 0 Å². The van der Waals surface area contributed by atoms with Crippen molar-refractivity contribution in [2.45, 2.75) is 91.3 Å². The predicted molar refractivity (Wildman–Crippen MR) is 167 cm³/mol. The molecule has 0 N–H and O–H groups in total. The molecule has 3 aromatic carbocycles. The van der Waals surface area contributed by atoms with E-state index in [2.05, 4.69) is 52.9 Å². The summed E-state index contributed by atoms with van der Waals surface area (Å²) in [6, 6.07) is 15.6. The average molecular weight is 564 g/mol. The van der Waals surface area contributed by atoms with Crippen LogP contribution in [0.3, 0.4) is 0 Å². The van der Waals surface area contributed by atoms with Gasteiger partial charge in [-0.1, -0.05) is 51.3 Å². The van der Waals surface area contributed by atoms with Crippen molar-refractivity contribution in [3.8, 4) is 17.1 Å². The molecule has 0 aliphatic heterocycles. The van der Waals surface area contributed by atoms with Gasteiger partial charge in [0.2, 0.25) is 0 Å². The number of oxazole rings is 1. The summed E-state index contributed by atoms with van der Waals surface area (Å²) in [5, 5.41) is 7.29. The van der Waals surface area contributed by atoms with Gasteiger partial charge in [0, 0.05) is 44.4 Å². The van der Waals surface area contributed by atoms with Gasteiger partial charge in [0.1, 0.15) is 17.5 Å². The van der Waals surface area contributed by atoms with Crippen LogP contribution in [0.1, 0.15) is 81.4 Å². The Hall–Kier alpha value is -4.00. The van der Waals surface area contributed by atoms with Crippen LogP contribution in [0.4, 0.5) is 4.39 Å². The minimum Gasteiger partial charge on any atom is -0.443 e. The third kappa shape index (κ3) is 4.00. The lowest BCUT2D eigenvalue weighted by Gasteiger charge is -2.30. The van der Waals surface area contributed by atoms with E-state index in [0.717, 1.165) is 39.0 Å². The standard InChI is InChI=1S/C35H38FN5O/c1-20-16-29-33(42-19-37-29)21(2)32(20)41-34(38-23(4)39-41)27-17-26-25-14-10-11-15-30(25)40(24-12-8-7-9-13-24)31(26)18-28(27)35(5,6)22(3)36/h10-11,14-19,22,24H,7-9,12-13H2,1-6H3/t22-/m1/s1. The number of alkyl halides is 1. The number of fused-ring (bicyclic) bond motifs is 4. The number of para-hydroxylation sites is 1. The number of rotatable bonds is 5. The van der Waals surface area contributed by atoms with Gasteiger partial charge in [-0.2, -0.15) is 5.10 Å². The molecule has 6 nitrogen and oxygen atoms in total. The molecule has 0 bridgehead atoms. The molecule has 0 saturated heterocycles. The number of hydrogen-bond donors (Lipinski definition) is 0. The fraction of sp³-hybridized carbons (Fsp3) is 0.400. The number of aryl methyl sites for hydroxylation is 3. The summed E-state index contributed by atoms with van der Waals surface area (Å²) in [7, 11) is 0. The van der Waals surface area contributed by atoms with Crippen LogP contribution in [-0.2, 0) is 5.41 Å². The van der Waals surface area contributed by atoms with E-state index in [1.165, 1.54) is 60.3 Å². The minimum atomic E-state index is -1.08. The monoisotopic (exact) mass is 563 g/mol. The molecule has 1 atom stereocenters. The van der Waals surface area contributed by atoms with E-state index in [0.29, 0.717) is 17.7 Å². The van der Waals surface area contributed by atoms with Crippen molar-refractivity contribution in [3.63, 3.8) is 0 Å². The molecule has 0 spiro atoms. The Balaban J connectivity index is 1.57. The Morgan fingerprint density at radius 2 is 1.74 bits per heavy atom. The Morgan fingerprint density at radius 1 is 0.976 bits per heavy atom. The molecule has 6 aromatic rings. The van der Waals surface area contributed by atoms with Crippen molar-refractivity contribution in [2.24, 2.45) is 0 Å². The summed E-state index contributed by atoms with van der Waals surface area (Å²) >= 11 is 0. The van der Waals surface area contributed by atoms with Crippen LogP contribution in [-0.4, -0.2) is 30.5 Å². The third-order valence-corrected chi connectivity index (χ3v) is 9.66. The topological polar surface area (TPSA) is 61.7 Å². The second-order valence-corrected chi connectivity index (χ2v) is 12.7. The lowest BCUT2D eigenvalue weighted by atomic mass is 9.77. The first-order valence-electron chi connectivity index (χ1n) is 15.2. The number of nitrogens with zero attached hydrogens (tertiary/aromatic N) is 5. The molecule has 0 amide bonds. The highest BCUT2D eigenvalue weighted by Gasteiger charge is 2.34. The average Bonchev–Trinajstić information content (AvgIpc) is 3.68. The number of halogens is 1. The molecular formula is C35H38FN5O. The molecule has 1 aliphatic carbocycles. The zero-order valence-corrected chi connectivity index (χ0v) is 25.3. The molecule has 7 heteroatoms. The van der Waals surface area contributed by atoms with E-state index >= 15 is 4.39 Å².